The standard InChI is InChI=1S/C17H21N2O6P/c1-10-15(12(3)20)17(4,13-8-6-7-9-14(13)19(21)22)16(26(23,24)25)11(2)18(10)5/h6-9H,1-5H3,(H2,23,24,25). The Morgan fingerprint density at radius 1 is 1.23 bits per heavy atom. The fourth-order valence-corrected chi connectivity index (χ4v) is 5.23. The molecule has 1 atom stereocenters. The monoisotopic (exact) mass is 380 g/mol. The number of carbonyl (C=O) groups excluding carboxylic acids is 1. The van der Waals surface area contributed by atoms with Crippen molar-refractivity contribution in [2.24, 2.45) is 0 Å². The van der Waals surface area contributed by atoms with E-state index in [1.165, 1.54) is 43.9 Å². The molecule has 2 N–H and O–H groups in total. The van der Waals surface area contributed by atoms with Gasteiger partial charge in [-0.25, -0.2) is 0 Å². The van der Waals surface area contributed by atoms with Gasteiger partial charge in [-0.05, 0) is 27.7 Å². The molecule has 0 fully saturated rings. The van der Waals surface area contributed by atoms with Crippen LogP contribution in [0.2, 0.25) is 0 Å². The molecule has 1 aliphatic heterocycles. The first-order valence-electron chi connectivity index (χ1n) is 7.82. The number of para-hydroxylation sites is 1. The lowest BCUT2D eigenvalue weighted by Crippen LogP contribution is -2.40. The number of allylic oxidation sites excluding steroid dienone is 4. The Labute approximate surface area is 151 Å². The van der Waals surface area contributed by atoms with E-state index in [0.717, 1.165) is 0 Å². The molecule has 0 spiro atoms. The predicted molar refractivity (Wildman–Crippen MR) is 96.3 cm³/mol. The fraction of sp³-hybridized carbons (Fsp3) is 0.353. The third-order valence-corrected chi connectivity index (χ3v) is 6.32. The van der Waals surface area contributed by atoms with E-state index in [0.29, 0.717) is 5.70 Å². The summed E-state index contributed by atoms with van der Waals surface area (Å²) in [4.78, 5) is 45.1. The molecule has 140 valence electrons. The van der Waals surface area contributed by atoms with Crippen LogP contribution in [0.4, 0.5) is 5.69 Å². The van der Waals surface area contributed by atoms with Crippen LogP contribution in [0.15, 0.2) is 46.5 Å². The first-order valence-corrected chi connectivity index (χ1v) is 9.43. The summed E-state index contributed by atoms with van der Waals surface area (Å²) >= 11 is 0. The molecule has 1 aromatic carbocycles. The van der Waals surface area contributed by atoms with Crippen molar-refractivity contribution >= 4 is 19.1 Å². The van der Waals surface area contributed by atoms with Crippen LogP contribution in [0.1, 0.15) is 33.3 Å². The second kappa shape index (κ2) is 6.46. The number of rotatable bonds is 4. The van der Waals surface area contributed by atoms with Crippen molar-refractivity contribution in [3.05, 3.63) is 62.2 Å². The lowest BCUT2D eigenvalue weighted by molar-refractivity contribution is -0.385. The zero-order valence-corrected chi connectivity index (χ0v) is 16.1. The van der Waals surface area contributed by atoms with Gasteiger partial charge >= 0.3 is 7.60 Å². The van der Waals surface area contributed by atoms with Crippen molar-refractivity contribution < 1.29 is 24.1 Å². The topological polar surface area (TPSA) is 121 Å². The number of hydrogen-bond donors (Lipinski definition) is 2. The van der Waals surface area contributed by atoms with Crippen molar-refractivity contribution in [3.63, 3.8) is 0 Å². The van der Waals surface area contributed by atoms with Gasteiger partial charge in [0.25, 0.3) is 5.69 Å². The van der Waals surface area contributed by atoms with Gasteiger partial charge in [0.05, 0.1) is 15.7 Å². The van der Waals surface area contributed by atoms with Crippen molar-refractivity contribution in [2.45, 2.75) is 33.1 Å². The van der Waals surface area contributed by atoms with E-state index in [2.05, 4.69) is 0 Å². The molecule has 1 unspecified atom stereocenters. The second-order valence-electron chi connectivity index (χ2n) is 6.45. The van der Waals surface area contributed by atoms with E-state index in [9.17, 15) is 29.3 Å². The molecule has 0 aliphatic carbocycles. The van der Waals surface area contributed by atoms with Gasteiger partial charge in [-0.15, -0.1) is 0 Å². The minimum Gasteiger partial charge on any atom is -0.351 e. The SMILES string of the molecule is CC(=O)C1=C(C)N(C)C(C)=C(P(=O)(O)O)C1(C)c1ccccc1[N+](=O)[O-]. The maximum atomic E-state index is 12.5. The predicted octanol–water partition coefficient (Wildman–Crippen LogP) is 3.07. The van der Waals surface area contributed by atoms with E-state index in [1.807, 2.05) is 0 Å². The summed E-state index contributed by atoms with van der Waals surface area (Å²) in [5, 5.41) is 11.2. The third-order valence-electron chi connectivity index (χ3n) is 4.97. The average molecular weight is 380 g/mol. The average Bonchev–Trinajstić information content (AvgIpc) is 2.51. The maximum Gasteiger partial charge on any atom is 0.355 e. The molecule has 1 aliphatic rings. The maximum absolute atomic E-state index is 12.5. The molecule has 0 aromatic heterocycles. The number of ketones is 1. The molecule has 0 amide bonds. The highest BCUT2D eigenvalue weighted by Gasteiger charge is 2.52. The number of nitro groups is 1. The first-order chi connectivity index (χ1) is 11.8. The first kappa shape index (κ1) is 20.0. The Bertz CT molecular complexity index is 914. The van der Waals surface area contributed by atoms with Crippen molar-refractivity contribution in [1.29, 1.82) is 0 Å². The summed E-state index contributed by atoms with van der Waals surface area (Å²) in [7, 11) is -3.25. The highest BCUT2D eigenvalue weighted by molar-refractivity contribution is 7.56. The quantitative estimate of drug-likeness (QED) is 0.468. The van der Waals surface area contributed by atoms with E-state index < -0.39 is 23.7 Å². The summed E-state index contributed by atoms with van der Waals surface area (Å²) in [6.45, 7) is 5.93. The summed E-state index contributed by atoms with van der Waals surface area (Å²) in [5.41, 5.74) is -0.979. The number of Topliss-reactive ketones (excluding diaryl/α,β-unsaturated/α-hetero) is 1. The van der Waals surface area contributed by atoms with Gasteiger partial charge in [0.15, 0.2) is 5.78 Å². The van der Waals surface area contributed by atoms with Gasteiger partial charge in [0, 0.05) is 35.6 Å². The normalized spacial score (nSPS) is 21.3. The van der Waals surface area contributed by atoms with Crippen molar-refractivity contribution in [3.8, 4) is 0 Å². The summed E-state index contributed by atoms with van der Waals surface area (Å²) in [6.07, 6.45) is 0. The Balaban J connectivity index is 3.06. The number of benzene rings is 1. The number of nitrogens with zero attached hydrogens (tertiary/aromatic N) is 2. The molecule has 9 heteroatoms. The molecular weight excluding hydrogens is 359 g/mol. The van der Waals surface area contributed by atoms with Crippen LogP contribution < -0.4 is 0 Å². The van der Waals surface area contributed by atoms with Crippen LogP contribution in [0.25, 0.3) is 0 Å². The van der Waals surface area contributed by atoms with Crippen molar-refractivity contribution in [1.82, 2.24) is 4.90 Å². The Kier molecular flexibility index (Phi) is 4.98. The van der Waals surface area contributed by atoms with Crippen LogP contribution in [-0.4, -0.2) is 32.4 Å². The lowest BCUT2D eigenvalue weighted by Gasteiger charge is -2.43. The fourth-order valence-electron chi connectivity index (χ4n) is 3.85. The van der Waals surface area contributed by atoms with E-state index in [1.54, 1.807) is 20.0 Å². The van der Waals surface area contributed by atoms with Gasteiger partial charge in [0.1, 0.15) is 0 Å². The second-order valence-corrected chi connectivity index (χ2v) is 7.99. The molecule has 0 radical (unpaired) electrons. The highest BCUT2D eigenvalue weighted by atomic mass is 31.2. The Morgan fingerprint density at radius 3 is 2.23 bits per heavy atom. The third kappa shape index (κ3) is 2.90. The van der Waals surface area contributed by atoms with Gasteiger partial charge in [-0.2, -0.15) is 0 Å². The molecule has 0 saturated heterocycles. The molecule has 1 aromatic rings. The highest BCUT2D eigenvalue weighted by Crippen LogP contribution is 2.62. The molecule has 0 bridgehead atoms. The smallest absolute Gasteiger partial charge is 0.351 e. The largest absolute Gasteiger partial charge is 0.355 e. The molecule has 2 rings (SSSR count). The molecule has 8 nitrogen and oxygen atoms in total. The molecule has 26 heavy (non-hydrogen) atoms. The zero-order chi connectivity index (χ0) is 20.0. The summed E-state index contributed by atoms with van der Waals surface area (Å²) in [6, 6.07) is 5.71. The minimum absolute atomic E-state index is 0.0697. The molecule has 1 heterocycles. The minimum atomic E-state index is -4.85. The lowest BCUT2D eigenvalue weighted by atomic mass is 9.70. The van der Waals surface area contributed by atoms with Crippen molar-refractivity contribution in [2.75, 3.05) is 7.05 Å². The zero-order valence-electron chi connectivity index (χ0n) is 15.2. The van der Waals surface area contributed by atoms with Crippen LogP contribution >= 0.6 is 7.60 Å². The number of hydrogen-bond acceptors (Lipinski definition) is 5. The van der Waals surface area contributed by atoms with Gasteiger partial charge in [-0.1, -0.05) is 18.2 Å². The molecular formula is C17H21N2O6P. The number of carbonyl (C=O) groups is 1. The van der Waals surface area contributed by atoms with Crippen LogP contribution in [0, 0.1) is 10.1 Å². The van der Waals surface area contributed by atoms with E-state index in [-0.39, 0.29) is 27.8 Å². The van der Waals surface area contributed by atoms with Crippen LogP contribution in [0.5, 0.6) is 0 Å². The summed E-state index contributed by atoms with van der Waals surface area (Å²) < 4.78 is 12.4. The van der Waals surface area contributed by atoms with Crippen LogP contribution in [-0.2, 0) is 14.8 Å². The summed E-state index contributed by atoms with van der Waals surface area (Å²) in [5.74, 6) is -0.409. The van der Waals surface area contributed by atoms with Gasteiger partial charge in [0.2, 0.25) is 0 Å². The van der Waals surface area contributed by atoms with E-state index in [4.69, 9.17) is 0 Å². The Hall–Kier alpha value is -2.28. The van der Waals surface area contributed by atoms with Gasteiger partial charge in [-0.3, -0.25) is 19.5 Å². The molecule has 0 saturated carbocycles. The van der Waals surface area contributed by atoms with Gasteiger partial charge < -0.3 is 14.7 Å². The Morgan fingerprint density at radius 2 is 1.77 bits per heavy atom. The number of nitro benzene ring substituents is 1. The van der Waals surface area contributed by atoms with E-state index >= 15 is 0 Å². The van der Waals surface area contributed by atoms with Crippen LogP contribution in [0.3, 0.4) is 0 Å².